The molecule has 0 aliphatic heterocycles. The molecule has 1 saturated carbocycles. The number of carbonyl (C=O) groups is 1. The van der Waals surface area contributed by atoms with E-state index in [1.165, 1.54) is 12.7 Å². The van der Waals surface area contributed by atoms with Crippen molar-refractivity contribution in [3.8, 4) is 11.4 Å². The number of nitrogens with zero attached hydrogens (tertiary/aromatic N) is 4. The van der Waals surface area contributed by atoms with E-state index in [1.807, 2.05) is 12.1 Å². The Labute approximate surface area is 116 Å². The molecule has 0 atom stereocenters. The Kier molecular flexibility index (Phi) is 3.71. The fraction of sp³-hybridized carbons (Fsp3) is 0.429. The van der Waals surface area contributed by atoms with Gasteiger partial charge in [-0.2, -0.15) is 0 Å². The number of hydrogen-bond acceptors (Lipinski definition) is 5. The van der Waals surface area contributed by atoms with E-state index in [-0.39, 0.29) is 11.9 Å². The standard InChI is InChI=1S/C14H16N4O2/c19-14(11-4-2-1-3-5-11)20-13-8-6-12(7-9-13)18-10-15-16-17-18/h6-11H,1-5H2. The maximum Gasteiger partial charge on any atom is 0.314 e. The Balaban J connectivity index is 1.64. The van der Waals surface area contributed by atoms with Crippen molar-refractivity contribution >= 4 is 5.97 Å². The third-order valence-electron chi connectivity index (χ3n) is 3.61. The Morgan fingerprint density at radius 3 is 2.55 bits per heavy atom. The van der Waals surface area contributed by atoms with E-state index >= 15 is 0 Å². The molecule has 0 saturated heterocycles. The number of tetrazole rings is 1. The summed E-state index contributed by atoms with van der Waals surface area (Å²) in [4.78, 5) is 12.0. The van der Waals surface area contributed by atoms with E-state index in [2.05, 4.69) is 15.5 Å². The van der Waals surface area contributed by atoms with E-state index in [1.54, 1.807) is 16.8 Å². The Hall–Kier alpha value is -2.24. The molecule has 2 aromatic rings. The van der Waals surface area contributed by atoms with Crippen molar-refractivity contribution in [2.45, 2.75) is 32.1 Å². The second kappa shape index (κ2) is 5.81. The lowest BCUT2D eigenvalue weighted by atomic mass is 9.89. The van der Waals surface area contributed by atoms with Crippen LogP contribution in [0, 0.1) is 5.92 Å². The van der Waals surface area contributed by atoms with E-state index in [0.29, 0.717) is 5.75 Å². The average Bonchev–Trinajstić information content (AvgIpc) is 3.03. The van der Waals surface area contributed by atoms with Crippen molar-refractivity contribution in [2.75, 3.05) is 0 Å². The first-order valence-electron chi connectivity index (χ1n) is 6.88. The molecule has 0 N–H and O–H groups in total. The van der Waals surface area contributed by atoms with Gasteiger partial charge >= 0.3 is 5.97 Å². The molecule has 1 heterocycles. The quantitative estimate of drug-likeness (QED) is 0.632. The Morgan fingerprint density at radius 2 is 1.90 bits per heavy atom. The van der Waals surface area contributed by atoms with Gasteiger partial charge in [0.2, 0.25) is 0 Å². The van der Waals surface area contributed by atoms with Gasteiger partial charge in [0.1, 0.15) is 12.1 Å². The summed E-state index contributed by atoms with van der Waals surface area (Å²) < 4.78 is 6.97. The van der Waals surface area contributed by atoms with Gasteiger partial charge in [-0.25, -0.2) is 4.68 Å². The lowest BCUT2D eigenvalue weighted by molar-refractivity contribution is -0.139. The van der Waals surface area contributed by atoms with Crippen molar-refractivity contribution in [3.05, 3.63) is 30.6 Å². The van der Waals surface area contributed by atoms with Crippen LogP contribution in [0.25, 0.3) is 5.69 Å². The van der Waals surface area contributed by atoms with Gasteiger partial charge in [0.05, 0.1) is 11.6 Å². The lowest BCUT2D eigenvalue weighted by Crippen LogP contribution is -2.22. The maximum absolute atomic E-state index is 12.0. The summed E-state index contributed by atoms with van der Waals surface area (Å²) >= 11 is 0. The Morgan fingerprint density at radius 1 is 1.15 bits per heavy atom. The zero-order chi connectivity index (χ0) is 13.8. The van der Waals surface area contributed by atoms with Crippen molar-refractivity contribution in [2.24, 2.45) is 5.92 Å². The first kappa shape index (κ1) is 12.8. The number of aromatic nitrogens is 4. The SMILES string of the molecule is O=C(Oc1ccc(-n2cnnn2)cc1)C1CCCCC1. The van der Waals surface area contributed by atoms with Gasteiger partial charge in [-0.3, -0.25) is 4.79 Å². The fourth-order valence-electron chi connectivity index (χ4n) is 2.48. The molecule has 0 unspecified atom stereocenters. The van der Waals surface area contributed by atoms with Crippen LogP contribution in [0.4, 0.5) is 0 Å². The molecule has 1 aliphatic rings. The van der Waals surface area contributed by atoms with Crippen LogP contribution in [0.5, 0.6) is 5.75 Å². The van der Waals surface area contributed by atoms with Crippen LogP contribution in [0.3, 0.4) is 0 Å². The monoisotopic (exact) mass is 272 g/mol. The highest BCUT2D eigenvalue weighted by atomic mass is 16.5. The highest BCUT2D eigenvalue weighted by Gasteiger charge is 2.22. The summed E-state index contributed by atoms with van der Waals surface area (Å²) in [6.45, 7) is 0. The van der Waals surface area contributed by atoms with Gasteiger partial charge in [0.25, 0.3) is 0 Å². The van der Waals surface area contributed by atoms with Crippen LogP contribution >= 0.6 is 0 Å². The minimum atomic E-state index is -0.111. The fourth-order valence-corrected chi connectivity index (χ4v) is 2.48. The number of carbonyl (C=O) groups excluding carboxylic acids is 1. The van der Waals surface area contributed by atoms with Gasteiger partial charge in [0.15, 0.2) is 0 Å². The molecule has 0 radical (unpaired) electrons. The van der Waals surface area contributed by atoms with Crippen molar-refractivity contribution in [1.82, 2.24) is 20.2 Å². The summed E-state index contributed by atoms with van der Waals surface area (Å²) in [7, 11) is 0. The zero-order valence-corrected chi connectivity index (χ0v) is 11.1. The van der Waals surface area contributed by atoms with E-state index in [9.17, 15) is 4.79 Å². The van der Waals surface area contributed by atoms with Crippen LogP contribution in [0.1, 0.15) is 32.1 Å². The molecular formula is C14H16N4O2. The summed E-state index contributed by atoms with van der Waals surface area (Å²) in [5, 5.41) is 11.0. The predicted octanol–water partition coefficient (Wildman–Crippen LogP) is 2.15. The number of hydrogen-bond donors (Lipinski definition) is 0. The third-order valence-corrected chi connectivity index (χ3v) is 3.61. The van der Waals surface area contributed by atoms with Gasteiger partial charge in [0, 0.05) is 0 Å². The summed E-state index contributed by atoms with van der Waals surface area (Å²) in [6.07, 6.45) is 6.88. The van der Waals surface area contributed by atoms with Gasteiger partial charge in [-0.15, -0.1) is 5.10 Å². The van der Waals surface area contributed by atoms with Crippen LogP contribution < -0.4 is 4.74 Å². The van der Waals surface area contributed by atoms with Crippen molar-refractivity contribution in [1.29, 1.82) is 0 Å². The van der Waals surface area contributed by atoms with Crippen molar-refractivity contribution in [3.63, 3.8) is 0 Å². The predicted molar refractivity (Wildman–Crippen MR) is 71.4 cm³/mol. The smallest absolute Gasteiger partial charge is 0.314 e. The zero-order valence-electron chi connectivity index (χ0n) is 11.1. The molecule has 1 aromatic carbocycles. The van der Waals surface area contributed by atoms with Crippen LogP contribution in [-0.4, -0.2) is 26.2 Å². The summed E-state index contributed by atoms with van der Waals surface area (Å²) in [5.41, 5.74) is 0.826. The minimum absolute atomic E-state index is 0.0583. The highest BCUT2D eigenvalue weighted by molar-refractivity contribution is 5.75. The average molecular weight is 272 g/mol. The van der Waals surface area contributed by atoms with E-state index in [4.69, 9.17) is 4.74 Å². The molecule has 104 valence electrons. The number of benzene rings is 1. The molecule has 6 heteroatoms. The first-order valence-corrected chi connectivity index (χ1v) is 6.88. The molecule has 1 aliphatic carbocycles. The normalized spacial score (nSPS) is 16.0. The largest absolute Gasteiger partial charge is 0.426 e. The topological polar surface area (TPSA) is 69.9 Å². The molecule has 0 bridgehead atoms. The molecule has 0 amide bonds. The summed E-state index contributed by atoms with van der Waals surface area (Å²) in [5.74, 6) is 0.514. The molecule has 20 heavy (non-hydrogen) atoms. The van der Waals surface area contributed by atoms with Crippen LogP contribution in [-0.2, 0) is 4.79 Å². The Bertz CT molecular complexity index is 559. The van der Waals surface area contributed by atoms with E-state index in [0.717, 1.165) is 31.4 Å². The molecule has 3 rings (SSSR count). The van der Waals surface area contributed by atoms with Gasteiger partial charge < -0.3 is 4.74 Å². The van der Waals surface area contributed by atoms with Gasteiger partial charge in [-0.05, 0) is 47.5 Å². The number of rotatable bonds is 3. The molecule has 0 spiro atoms. The number of esters is 1. The first-order chi connectivity index (χ1) is 9.83. The highest BCUT2D eigenvalue weighted by Crippen LogP contribution is 2.25. The second-order valence-corrected chi connectivity index (χ2v) is 5.00. The van der Waals surface area contributed by atoms with Crippen LogP contribution in [0.2, 0.25) is 0 Å². The summed E-state index contributed by atoms with van der Waals surface area (Å²) in [6, 6.07) is 7.16. The molecular weight excluding hydrogens is 256 g/mol. The lowest BCUT2D eigenvalue weighted by Gasteiger charge is -2.19. The molecule has 1 aromatic heterocycles. The maximum atomic E-state index is 12.0. The van der Waals surface area contributed by atoms with E-state index < -0.39 is 0 Å². The molecule has 6 nitrogen and oxygen atoms in total. The van der Waals surface area contributed by atoms with Crippen LogP contribution in [0.15, 0.2) is 30.6 Å². The minimum Gasteiger partial charge on any atom is -0.426 e. The van der Waals surface area contributed by atoms with Crippen molar-refractivity contribution < 1.29 is 9.53 Å². The van der Waals surface area contributed by atoms with Gasteiger partial charge in [-0.1, -0.05) is 19.3 Å². The molecule has 1 fully saturated rings. The number of ether oxygens (including phenoxy) is 1. The second-order valence-electron chi connectivity index (χ2n) is 5.00. The third kappa shape index (κ3) is 2.84.